The van der Waals surface area contributed by atoms with E-state index in [4.69, 9.17) is 4.74 Å². The highest BCUT2D eigenvalue weighted by molar-refractivity contribution is 5.72. The Bertz CT molecular complexity index is 502. The number of rotatable bonds is 6. The van der Waals surface area contributed by atoms with Crippen molar-refractivity contribution in [1.29, 1.82) is 0 Å². The lowest BCUT2D eigenvalue weighted by Gasteiger charge is -2.37. The van der Waals surface area contributed by atoms with Gasteiger partial charge in [-0.15, -0.1) is 0 Å². The Morgan fingerprint density at radius 1 is 1.20 bits per heavy atom. The van der Waals surface area contributed by atoms with Gasteiger partial charge in [0, 0.05) is 58.4 Å². The van der Waals surface area contributed by atoms with E-state index < -0.39 is 5.60 Å². The van der Waals surface area contributed by atoms with Crippen molar-refractivity contribution in [3.05, 3.63) is 24.6 Å². The summed E-state index contributed by atoms with van der Waals surface area (Å²) in [5, 5.41) is 3.83. The quantitative estimate of drug-likeness (QED) is 0.543. The van der Waals surface area contributed by atoms with Crippen LogP contribution in [0.2, 0.25) is 0 Å². The number of hydrazine groups is 1. The van der Waals surface area contributed by atoms with Crippen LogP contribution in [0.5, 0.6) is 0 Å². The molecular formula is C18H33N5O2. The molecule has 0 bridgehead atoms. The number of nitrogens with zero attached hydrogens (tertiary/aromatic N) is 5. The van der Waals surface area contributed by atoms with E-state index in [0.717, 1.165) is 18.8 Å². The first-order valence-electron chi connectivity index (χ1n) is 8.60. The Labute approximate surface area is 152 Å². The first kappa shape index (κ1) is 21.0. The van der Waals surface area contributed by atoms with Gasteiger partial charge in [0.25, 0.3) is 0 Å². The van der Waals surface area contributed by atoms with E-state index in [9.17, 15) is 4.79 Å². The van der Waals surface area contributed by atoms with Crippen LogP contribution in [0.25, 0.3) is 0 Å². The molecule has 0 aromatic carbocycles. The summed E-state index contributed by atoms with van der Waals surface area (Å²) in [6.07, 6.45) is 5.33. The fourth-order valence-corrected chi connectivity index (χ4v) is 2.24. The van der Waals surface area contributed by atoms with Crippen LogP contribution in [0, 0.1) is 0 Å². The fraction of sp³-hybridized carbons (Fsp3) is 0.667. The highest BCUT2D eigenvalue weighted by Crippen LogP contribution is 2.13. The molecule has 0 aromatic rings. The molecule has 0 spiro atoms. The topological polar surface area (TPSA) is 51.6 Å². The molecule has 0 N–H and O–H groups in total. The smallest absolute Gasteiger partial charge is 0.410 e. The summed E-state index contributed by atoms with van der Waals surface area (Å²) in [5.74, 6) is 0. The van der Waals surface area contributed by atoms with E-state index in [2.05, 4.69) is 23.4 Å². The summed E-state index contributed by atoms with van der Waals surface area (Å²) in [6, 6.07) is 0. The van der Waals surface area contributed by atoms with Crippen molar-refractivity contribution in [2.75, 3.05) is 46.9 Å². The molecule has 1 amide bonds. The maximum absolute atomic E-state index is 12.1. The predicted molar refractivity (Wildman–Crippen MR) is 102 cm³/mol. The number of carbonyl (C=O) groups is 1. The zero-order valence-electron chi connectivity index (χ0n) is 16.5. The number of amides is 1. The Kier molecular flexibility index (Phi) is 7.96. The molecule has 1 aliphatic heterocycles. The number of allylic oxidation sites excluding steroid dienone is 2. The SMILES string of the molecule is C=CN(C)N(C)C/N=C\C=C(/C)N1CCN(C(=O)OC(C)(C)C)CC1. The molecule has 1 fully saturated rings. The molecule has 25 heavy (non-hydrogen) atoms. The summed E-state index contributed by atoms with van der Waals surface area (Å²) < 4.78 is 5.42. The van der Waals surface area contributed by atoms with Gasteiger partial charge in [0.15, 0.2) is 0 Å². The van der Waals surface area contributed by atoms with Gasteiger partial charge < -0.3 is 19.5 Å². The Hall–Kier alpha value is -2.02. The molecule has 0 unspecified atom stereocenters. The minimum atomic E-state index is -0.451. The van der Waals surface area contributed by atoms with Gasteiger partial charge in [-0.3, -0.25) is 4.99 Å². The minimum Gasteiger partial charge on any atom is -0.444 e. The molecule has 142 valence electrons. The molecule has 0 aliphatic carbocycles. The van der Waals surface area contributed by atoms with Gasteiger partial charge in [-0.25, -0.2) is 9.80 Å². The third kappa shape index (κ3) is 7.60. The zero-order valence-corrected chi connectivity index (χ0v) is 16.5. The fourth-order valence-electron chi connectivity index (χ4n) is 2.24. The molecule has 1 rings (SSSR count). The van der Waals surface area contributed by atoms with Crippen molar-refractivity contribution in [1.82, 2.24) is 19.8 Å². The maximum Gasteiger partial charge on any atom is 0.410 e. The molecule has 1 heterocycles. The van der Waals surface area contributed by atoms with Crippen LogP contribution in [-0.4, -0.2) is 84.7 Å². The standard InChI is InChI=1S/C18H33N5O2/c1-8-20(6)21(7)15-19-10-9-16(2)22-11-13-23(14-12-22)17(24)25-18(3,4)5/h8-10H,1,11-15H2,2-7H3/b16-9+,19-10-. The Morgan fingerprint density at radius 2 is 1.76 bits per heavy atom. The molecule has 0 radical (unpaired) electrons. The molecule has 7 heteroatoms. The molecule has 0 atom stereocenters. The van der Waals surface area contributed by atoms with Crippen molar-refractivity contribution in [3.63, 3.8) is 0 Å². The summed E-state index contributed by atoms with van der Waals surface area (Å²) in [6.45, 7) is 14.9. The number of aliphatic imine (C=N–C) groups is 1. The zero-order chi connectivity index (χ0) is 19.0. The summed E-state index contributed by atoms with van der Waals surface area (Å²) in [7, 11) is 3.87. The van der Waals surface area contributed by atoms with Crippen molar-refractivity contribution >= 4 is 12.3 Å². The van der Waals surface area contributed by atoms with Crippen LogP contribution in [0.3, 0.4) is 0 Å². The first-order chi connectivity index (χ1) is 11.6. The van der Waals surface area contributed by atoms with Gasteiger partial charge in [0.1, 0.15) is 12.3 Å². The van der Waals surface area contributed by atoms with Gasteiger partial charge in [0.2, 0.25) is 0 Å². The van der Waals surface area contributed by atoms with E-state index in [1.165, 1.54) is 0 Å². The third-order valence-corrected chi connectivity index (χ3v) is 3.94. The van der Waals surface area contributed by atoms with Crippen molar-refractivity contribution < 1.29 is 9.53 Å². The van der Waals surface area contributed by atoms with Crippen LogP contribution in [0.1, 0.15) is 27.7 Å². The first-order valence-corrected chi connectivity index (χ1v) is 8.60. The van der Waals surface area contributed by atoms with Crippen molar-refractivity contribution in [3.8, 4) is 0 Å². The lowest BCUT2D eigenvalue weighted by atomic mass is 10.2. The van der Waals surface area contributed by atoms with E-state index in [1.807, 2.05) is 57.2 Å². The molecule has 0 aromatic heterocycles. The van der Waals surface area contributed by atoms with Gasteiger partial charge in [-0.2, -0.15) is 0 Å². The van der Waals surface area contributed by atoms with Crippen LogP contribution in [-0.2, 0) is 4.74 Å². The number of carbonyl (C=O) groups excluding carboxylic acids is 1. The summed E-state index contributed by atoms with van der Waals surface area (Å²) in [4.78, 5) is 20.5. The highest BCUT2D eigenvalue weighted by atomic mass is 16.6. The van der Waals surface area contributed by atoms with Gasteiger partial charge >= 0.3 is 6.09 Å². The second kappa shape index (κ2) is 9.46. The van der Waals surface area contributed by atoms with Gasteiger partial charge in [0.05, 0.1) is 0 Å². The van der Waals surface area contributed by atoms with E-state index in [1.54, 1.807) is 11.1 Å². The van der Waals surface area contributed by atoms with Crippen LogP contribution >= 0.6 is 0 Å². The minimum absolute atomic E-state index is 0.232. The molecular weight excluding hydrogens is 318 g/mol. The average molecular weight is 351 g/mol. The van der Waals surface area contributed by atoms with Crippen molar-refractivity contribution in [2.45, 2.75) is 33.3 Å². The maximum atomic E-state index is 12.1. The third-order valence-electron chi connectivity index (χ3n) is 3.94. The van der Waals surface area contributed by atoms with Gasteiger partial charge in [-0.05, 0) is 33.8 Å². The molecule has 7 nitrogen and oxygen atoms in total. The monoisotopic (exact) mass is 351 g/mol. The summed E-state index contributed by atoms with van der Waals surface area (Å²) >= 11 is 0. The lowest BCUT2D eigenvalue weighted by Crippen LogP contribution is -2.49. The van der Waals surface area contributed by atoms with E-state index in [0.29, 0.717) is 19.8 Å². The van der Waals surface area contributed by atoms with Crippen LogP contribution in [0.4, 0.5) is 4.79 Å². The van der Waals surface area contributed by atoms with E-state index in [-0.39, 0.29) is 6.09 Å². The second-order valence-electron chi connectivity index (χ2n) is 7.15. The summed E-state index contributed by atoms with van der Waals surface area (Å²) in [5.41, 5.74) is 0.695. The Balaban J connectivity index is 2.43. The average Bonchev–Trinajstić information content (AvgIpc) is 2.56. The molecule has 1 saturated heterocycles. The van der Waals surface area contributed by atoms with Gasteiger partial charge in [-0.1, -0.05) is 6.58 Å². The Morgan fingerprint density at radius 3 is 2.28 bits per heavy atom. The van der Waals surface area contributed by atoms with Crippen molar-refractivity contribution in [2.24, 2.45) is 4.99 Å². The second-order valence-corrected chi connectivity index (χ2v) is 7.15. The molecule has 1 aliphatic rings. The van der Waals surface area contributed by atoms with Crippen LogP contribution < -0.4 is 0 Å². The number of hydrogen-bond acceptors (Lipinski definition) is 6. The van der Waals surface area contributed by atoms with Crippen LogP contribution in [0.15, 0.2) is 29.5 Å². The lowest BCUT2D eigenvalue weighted by molar-refractivity contribution is 0.0169. The number of piperazine rings is 1. The number of ether oxygens (including phenoxy) is 1. The largest absolute Gasteiger partial charge is 0.444 e. The van der Waals surface area contributed by atoms with E-state index >= 15 is 0 Å². The predicted octanol–water partition coefficient (Wildman–Crippen LogP) is 2.39. The highest BCUT2D eigenvalue weighted by Gasteiger charge is 2.25. The molecule has 0 saturated carbocycles. The normalized spacial score (nSPS) is 16.5. The number of hydrogen-bond donors (Lipinski definition) is 0.